The van der Waals surface area contributed by atoms with E-state index in [9.17, 15) is 14.7 Å². The van der Waals surface area contributed by atoms with Gasteiger partial charge in [0.15, 0.2) is 11.9 Å². The topological polar surface area (TPSA) is 102 Å². The summed E-state index contributed by atoms with van der Waals surface area (Å²) in [5, 5.41) is 11.9. The molecule has 1 amide bonds. The molecule has 7 heteroatoms. The summed E-state index contributed by atoms with van der Waals surface area (Å²) in [6.07, 6.45) is 0.726. The molecule has 0 spiro atoms. The minimum Gasteiger partial charge on any atom is -0.493 e. The van der Waals surface area contributed by atoms with Crippen molar-refractivity contribution >= 4 is 11.9 Å². The van der Waals surface area contributed by atoms with Crippen molar-refractivity contribution in [2.24, 2.45) is 0 Å². The lowest BCUT2D eigenvalue weighted by atomic mass is 10.0. The molecule has 1 aliphatic rings. The molecule has 1 atom stereocenters. The molecule has 1 aromatic heterocycles. The lowest BCUT2D eigenvalue weighted by Gasteiger charge is -2.15. The van der Waals surface area contributed by atoms with Crippen molar-refractivity contribution in [3.05, 3.63) is 46.7 Å². The number of carboxylic acid groups (broad SMARTS) is 1. The van der Waals surface area contributed by atoms with Crippen LogP contribution in [0.25, 0.3) is 0 Å². The highest BCUT2D eigenvalue weighted by atomic mass is 16.5. The summed E-state index contributed by atoms with van der Waals surface area (Å²) in [4.78, 5) is 27.8. The second-order valence-corrected chi connectivity index (χ2v) is 5.36. The number of aryl methyl sites for hydroxylation is 2. The molecule has 23 heavy (non-hydrogen) atoms. The van der Waals surface area contributed by atoms with E-state index in [-0.39, 0.29) is 5.76 Å². The third-order valence-electron chi connectivity index (χ3n) is 3.68. The SMILES string of the molecule is Cc1nc(C)c(C(=O)NC(C(=O)O)c2ccc3c(c2)CCO3)o1. The molecular formula is C16H16N2O5. The van der Waals surface area contributed by atoms with Crippen molar-refractivity contribution in [3.8, 4) is 5.75 Å². The van der Waals surface area contributed by atoms with E-state index in [1.807, 2.05) is 0 Å². The smallest absolute Gasteiger partial charge is 0.330 e. The van der Waals surface area contributed by atoms with Crippen LogP contribution in [0.4, 0.5) is 0 Å². The number of carbonyl (C=O) groups is 2. The van der Waals surface area contributed by atoms with Gasteiger partial charge < -0.3 is 19.6 Å². The van der Waals surface area contributed by atoms with Crippen molar-refractivity contribution in [1.29, 1.82) is 0 Å². The van der Waals surface area contributed by atoms with Crippen LogP contribution in [0.15, 0.2) is 22.6 Å². The van der Waals surface area contributed by atoms with Crippen LogP contribution in [0.5, 0.6) is 5.75 Å². The van der Waals surface area contributed by atoms with Crippen LogP contribution in [0, 0.1) is 13.8 Å². The quantitative estimate of drug-likeness (QED) is 0.891. The third kappa shape index (κ3) is 2.90. The number of nitrogens with zero attached hydrogens (tertiary/aromatic N) is 1. The number of carboxylic acids is 1. The fourth-order valence-corrected chi connectivity index (χ4v) is 2.61. The van der Waals surface area contributed by atoms with E-state index in [2.05, 4.69) is 10.3 Å². The minimum absolute atomic E-state index is 0.0262. The monoisotopic (exact) mass is 316 g/mol. The molecule has 1 unspecified atom stereocenters. The van der Waals surface area contributed by atoms with Crippen LogP contribution >= 0.6 is 0 Å². The van der Waals surface area contributed by atoms with Gasteiger partial charge in [-0.3, -0.25) is 4.79 Å². The summed E-state index contributed by atoms with van der Waals surface area (Å²) in [5.41, 5.74) is 1.85. The predicted molar refractivity (Wildman–Crippen MR) is 79.5 cm³/mol. The van der Waals surface area contributed by atoms with Gasteiger partial charge in [0, 0.05) is 13.3 Å². The first-order valence-corrected chi connectivity index (χ1v) is 7.19. The van der Waals surface area contributed by atoms with Gasteiger partial charge in [-0.25, -0.2) is 9.78 Å². The number of aromatic nitrogens is 1. The van der Waals surface area contributed by atoms with E-state index < -0.39 is 17.9 Å². The Morgan fingerprint density at radius 3 is 2.78 bits per heavy atom. The molecule has 1 aromatic carbocycles. The number of ether oxygens (including phenoxy) is 1. The predicted octanol–water partition coefficient (Wildman–Crippen LogP) is 1.78. The van der Waals surface area contributed by atoms with E-state index in [1.165, 1.54) is 0 Å². The number of rotatable bonds is 4. The Morgan fingerprint density at radius 1 is 1.35 bits per heavy atom. The zero-order valence-corrected chi connectivity index (χ0v) is 12.8. The van der Waals surface area contributed by atoms with Crippen LogP contribution in [0.3, 0.4) is 0 Å². The molecule has 2 heterocycles. The number of nitrogens with one attached hydrogen (secondary N) is 1. The number of amides is 1. The van der Waals surface area contributed by atoms with Crippen LogP contribution in [0.1, 0.15) is 39.3 Å². The zero-order valence-electron chi connectivity index (χ0n) is 12.8. The lowest BCUT2D eigenvalue weighted by Crippen LogP contribution is -2.34. The minimum atomic E-state index is -1.17. The average Bonchev–Trinajstić information content (AvgIpc) is 3.09. The molecule has 0 aliphatic carbocycles. The van der Waals surface area contributed by atoms with Gasteiger partial charge in [0.2, 0.25) is 5.76 Å². The van der Waals surface area contributed by atoms with E-state index in [4.69, 9.17) is 9.15 Å². The standard InChI is InChI=1S/C16H16N2O5/c1-8-14(23-9(2)17-8)15(19)18-13(16(20)21)11-3-4-12-10(7-11)5-6-22-12/h3-4,7,13H,5-6H2,1-2H3,(H,18,19)(H,20,21). The van der Waals surface area contributed by atoms with E-state index in [0.29, 0.717) is 23.8 Å². The Hall–Kier alpha value is -2.83. The summed E-state index contributed by atoms with van der Waals surface area (Å²) in [6.45, 7) is 3.84. The summed E-state index contributed by atoms with van der Waals surface area (Å²) in [7, 11) is 0. The highest BCUT2D eigenvalue weighted by Gasteiger charge is 2.27. The Labute approximate surface area is 132 Å². The number of fused-ring (bicyclic) bond motifs is 1. The number of hydrogen-bond acceptors (Lipinski definition) is 5. The molecule has 7 nitrogen and oxygen atoms in total. The van der Waals surface area contributed by atoms with Gasteiger partial charge in [0.25, 0.3) is 5.91 Å². The Balaban J connectivity index is 1.86. The molecule has 0 saturated heterocycles. The number of hydrogen-bond donors (Lipinski definition) is 2. The zero-order chi connectivity index (χ0) is 16.6. The molecule has 2 N–H and O–H groups in total. The molecule has 3 rings (SSSR count). The number of benzene rings is 1. The lowest BCUT2D eigenvalue weighted by molar-refractivity contribution is -0.139. The summed E-state index contributed by atoms with van der Waals surface area (Å²) in [6, 6.07) is 3.95. The third-order valence-corrected chi connectivity index (χ3v) is 3.68. The van der Waals surface area contributed by atoms with Crippen LogP contribution in [0.2, 0.25) is 0 Å². The van der Waals surface area contributed by atoms with Gasteiger partial charge in [0.05, 0.1) is 12.3 Å². The fraction of sp³-hybridized carbons (Fsp3) is 0.312. The second kappa shape index (κ2) is 5.75. The van der Waals surface area contributed by atoms with Gasteiger partial charge in [-0.1, -0.05) is 6.07 Å². The maximum Gasteiger partial charge on any atom is 0.330 e. The highest BCUT2D eigenvalue weighted by molar-refractivity contribution is 5.95. The van der Waals surface area contributed by atoms with Crippen molar-refractivity contribution in [3.63, 3.8) is 0 Å². The molecule has 0 radical (unpaired) electrons. The van der Waals surface area contributed by atoms with Crippen LogP contribution < -0.4 is 10.1 Å². The first-order chi connectivity index (χ1) is 11.0. The van der Waals surface area contributed by atoms with Gasteiger partial charge in [-0.2, -0.15) is 0 Å². The summed E-state index contributed by atoms with van der Waals surface area (Å²) >= 11 is 0. The Kier molecular flexibility index (Phi) is 3.77. The Bertz CT molecular complexity index is 781. The molecule has 120 valence electrons. The van der Waals surface area contributed by atoms with Gasteiger partial charge in [0.1, 0.15) is 5.75 Å². The molecular weight excluding hydrogens is 300 g/mol. The number of aliphatic carboxylic acids is 1. The maximum atomic E-state index is 12.3. The van der Waals surface area contributed by atoms with E-state index >= 15 is 0 Å². The van der Waals surface area contributed by atoms with Crippen molar-refractivity contribution < 1.29 is 23.8 Å². The molecule has 1 aliphatic heterocycles. The van der Waals surface area contributed by atoms with E-state index in [0.717, 1.165) is 17.7 Å². The first kappa shape index (κ1) is 15.1. The average molecular weight is 316 g/mol. The van der Waals surface area contributed by atoms with Gasteiger partial charge >= 0.3 is 5.97 Å². The molecule has 0 fully saturated rings. The maximum absolute atomic E-state index is 12.3. The van der Waals surface area contributed by atoms with Crippen molar-refractivity contribution in [2.75, 3.05) is 6.61 Å². The van der Waals surface area contributed by atoms with E-state index in [1.54, 1.807) is 32.0 Å². The molecule has 0 saturated carbocycles. The fourth-order valence-electron chi connectivity index (χ4n) is 2.61. The van der Waals surface area contributed by atoms with Crippen LogP contribution in [-0.2, 0) is 11.2 Å². The highest BCUT2D eigenvalue weighted by Crippen LogP contribution is 2.28. The van der Waals surface area contributed by atoms with Gasteiger partial charge in [-0.15, -0.1) is 0 Å². The van der Waals surface area contributed by atoms with Crippen molar-refractivity contribution in [1.82, 2.24) is 10.3 Å². The Morgan fingerprint density at radius 2 is 2.13 bits per heavy atom. The first-order valence-electron chi connectivity index (χ1n) is 7.19. The summed E-state index contributed by atoms with van der Waals surface area (Å²) in [5.74, 6) is -0.614. The normalized spacial score (nSPS) is 14.0. The molecule has 0 bridgehead atoms. The largest absolute Gasteiger partial charge is 0.493 e. The summed E-state index contributed by atoms with van der Waals surface area (Å²) < 4.78 is 10.6. The number of carbonyl (C=O) groups excluding carboxylic acids is 1. The van der Waals surface area contributed by atoms with Crippen LogP contribution in [-0.4, -0.2) is 28.6 Å². The second-order valence-electron chi connectivity index (χ2n) is 5.36. The molecule has 2 aromatic rings. The van der Waals surface area contributed by atoms with Crippen molar-refractivity contribution in [2.45, 2.75) is 26.3 Å². The van der Waals surface area contributed by atoms with Gasteiger partial charge in [-0.05, 0) is 30.2 Å². The number of oxazole rings is 1.